The Morgan fingerprint density at radius 1 is 1.47 bits per heavy atom. The summed E-state index contributed by atoms with van der Waals surface area (Å²) >= 11 is 0. The van der Waals surface area contributed by atoms with Gasteiger partial charge in [0.2, 0.25) is 5.91 Å². The molecule has 19 heavy (non-hydrogen) atoms. The predicted octanol–water partition coefficient (Wildman–Crippen LogP) is 1.02. The highest BCUT2D eigenvalue weighted by atomic mass is 16.6. The van der Waals surface area contributed by atoms with Gasteiger partial charge in [0.1, 0.15) is 5.92 Å². The van der Waals surface area contributed by atoms with Crippen molar-refractivity contribution in [3.8, 4) is 0 Å². The van der Waals surface area contributed by atoms with Gasteiger partial charge in [0, 0.05) is 23.5 Å². The fraction of sp³-hybridized carbons (Fsp3) is 0.545. The molecular weight excluding hydrogens is 254 g/mol. The minimum Gasteiger partial charge on any atom is -0.369 e. The summed E-state index contributed by atoms with van der Waals surface area (Å²) in [6.07, 6.45) is 4.51. The normalized spacial score (nSPS) is 25.7. The maximum atomic E-state index is 11.4. The molecule has 0 aromatic rings. The SMILES string of the molecule is CCCCC1([N+](=O)[O-])C=CC([N+](=O)[O-])=CC1C(N)=O. The zero-order chi connectivity index (χ0) is 14.6. The molecule has 1 rings (SSSR count). The van der Waals surface area contributed by atoms with Gasteiger partial charge in [0.15, 0.2) is 0 Å². The lowest BCUT2D eigenvalue weighted by Gasteiger charge is -2.28. The molecule has 0 bridgehead atoms. The second-order valence-electron chi connectivity index (χ2n) is 4.41. The number of carbonyl (C=O) groups excluding carboxylic acids is 1. The Labute approximate surface area is 109 Å². The van der Waals surface area contributed by atoms with Crippen LogP contribution in [0.25, 0.3) is 0 Å². The second kappa shape index (κ2) is 5.59. The molecule has 0 saturated heterocycles. The van der Waals surface area contributed by atoms with E-state index in [0.717, 1.165) is 18.2 Å². The van der Waals surface area contributed by atoms with Crippen molar-refractivity contribution >= 4 is 5.91 Å². The van der Waals surface area contributed by atoms with Gasteiger partial charge in [0.25, 0.3) is 11.2 Å². The van der Waals surface area contributed by atoms with Gasteiger partial charge in [0.05, 0.1) is 4.92 Å². The monoisotopic (exact) mass is 269 g/mol. The van der Waals surface area contributed by atoms with Crippen LogP contribution >= 0.6 is 0 Å². The molecule has 2 unspecified atom stereocenters. The van der Waals surface area contributed by atoms with Gasteiger partial charge in [-0.1, -0.05) is 13.3 Å². The lowest BCUT2D eigenvalue weighted by Crippen LogP contribution is -2.50. The van der Waals surface area contributed by atoms with Crippen molar-refractivity contribution < 1.29 is 14.6 Å². The van der Waals surface area contributed by atoms with Crippen LogP contribution in [0.15, 0.2) is 23.9 Å². The van der Waals surface area contributed by atoms with Crippen LogP contribution in [0, 0.1) is 26.1 Å². The van der Waals surface area contributed by atoms with Crippen LogP contribution in [0.1, 0.15) is 26.2 Å². The minimum atomic E-state index is -1.68. The standard InChI is InChI=1S/C11H15N3O5/c1-2-3-5-11(14(18)19)6-4-8(13(16)17)7-9(11)10(12)15/h4,6-7,9H,2-3,5H2,1H3,(H2,12,15). The molecule has 2 N–H and O–H groups in total. The maximum Gasteiger partial charge on any atom is 0.266 e. The Balaban J connectivity index is 3.24. The summed E-state index contributed by atoms with van der Waals surface area (Å²) in [7, 11) is 0. The number of carbonyl (C=O) groups is 1. The number of amides is 1. The van der Waals surface area contributed by atoms with E-state index in [-0.39, 0.29) is 12.1 Å². The average Bonchev–Trinajstić information content (AvgIpc) is 2.35. The molecule has 1 aliphatic carbocycles. The molecule has 0 spiro atoms. The number of primary amides is 1. The van der Waals surface area contributed by atoms with E-state index in [9.17, 15) is 25.0 Å². The molecule has 0 radical (unpaired) electrons. The third-order valence-electron chi connectivity index (χ3n) is 3.21. The van der Waals surface area contributed by atoms with Gasteiger partial charge < -0.3 is 5.73 Å². The lowest BCUT2D eigenvalue weighted by atomic mass is 9.76. The summed E-state index contributed by atoms with van der Waals surface area (Å²) in [5, 5.41) is 22.0. The number of nitrogens with two attached hydrogens (primary N) is 1. The molecule has 0 aromatic carbocycles. The fourth-order valence-corrected chi connectivity index (χ4v) is 2.12. The lowest BCUT2D eigenvalue weighted by molar-refractivity contribution is -0.562. The van der Waals surface area contributed by atoms with Crippen LogP contribution in [0.2, 0.25) is 0 Å². The molecule has 8 nitrogen and oxygen atoms in total. The van der Waals surface area contributed by atoms with Gasteiger partial charge in [-0.3, -0.25) is 25.0 Å². The Bertz CT molecular complexity index is 471. The van der Waals surface area contributed by atoms with Crippen LogP contribution in [-0.4, -0.2) is 21.3 Å². The van der Waals surface area contributed by atoms with Crippen molar-refractivity contribution in [2.45, 2.75) is 31.7 Å². The summed E-state index contributed by atoms with van der Waals surface area (Å²) in [4.78, 5) is 32.1. The highest BCUT2D eigenvalue weighted by molar-refractivity contribution is 5.81. The van der Waals surface area contributed by atoms with Gasteiger partial charge in [-0.25, -0.2) is 0 Å². The van der Waals surface area contributed by atoms with Crippen molar-refractivity contribution in [1.82, 2.24) is 0 Å². The minimum absolute atomic E-state index is 0.113. The molecule has 0 saturated carbocycles. The van der Waals surface area contributed by atoms with E-state index in [4.69, 9.17) is 5.73 Å². The van der Waals surface area contributed by atoms with E-state index in [1.54, 1.807) is 0 Å². The molecular formula is C11H15N3O5. The van der Waals surface area contributed by atoms with Crippen molar-refractivity contribution in [3.05, 3.63) is 44.2 Å². The van der Waals surface area contributed by atoms with Gasteiger partial charge in [-0.05, 0) is 12.5 Å². The topological polar surface area (TPSA) is 129 Å². The molecule has 0 aliphatic heterocycles. The number of allylic oxidation sites excluding steroid dienone is 1. The number of nitro groups is 2. The van der Waals surface area contributed by atoms with E-state index in [1.165, 1.54) is 0 Å². The smallest absolute Gasteiger partial charge is 0.266 e. The number of rotatable bonds is 6. The van der Waals surface area contributed by atoms with Crippen LogP contribution in [0.4, 0.5) is 0 Å². The first-order chi connectivity index (χ1) is 8.85. The fourth-order valence-electron chi connectivity index (χ4n) is 2.12. The van der Waals surface area contributed by atoms with E-state index >= 15 is 0 Å². The van der Waals surface area contributed by atoms with Crippen molar-refractivity contribution in [2.24, 2.45) is 11.7 Å². The summed E-state index contributed by atoms with van der Waals surface area (Å²) in [6.45, 7) is 1.86. The first-order valence-electron chi connectivity index (χ1n) is 5.84. The Morgan fingerprint density at radius 2 is 2.11 bits per heavy atom. The third-order valence-corrected chi connectivity index (χ3v) is 3.21. The number of hydrogen-bond acceptors (Lipinski definition) is 5. The highest BCUT2D eigenvalue weighted by Crippen LogP contribution is 2.34. The van der Waals surface area contributed by atoms with Gasteiger partial charge in [-0.2, -0.15) is 0 Å². The van der Waals surface area contributed by atoms with Crippen molar-refractivity contribution in [3.63, 3.8) is 0 Å². The van der Waals surface area contributed by atoms with Crippen molar-refractivity contribution in [1.29, 1.82) is 0 Å². The molecule has 1 aliphatic rings. The van der Waals surface area contributed by atoms with E-state index in [1.807, 2.05) is 6.92 Å². The van der Waals surface area contributed by atoms with Crippen LogP contribution in [0.3, 0.4) is 0 Å². The maximum absolute atomic E-state index is 11.4. The van der Waals surface area contributed by atoms with E-state index < -0.39 is 27.2 Å². The molecule has 2 atom stereocenters. The Morgan fingerprint density at radius 3 is 2.53 bits per heavy atom. The number of hydrogen-bond donors (Lipinski definition) is 1. The predicted molar refractivity (Wildman–Crippen MR) is 66.2 cm³/mol. The van der Waals surface area contributed by atoms with Crippen LogP contribution in [-0.2, 0) is 4.79 Å². The zero-order valence-electron chi connectivity index (χ0n) is 10.4. The van der Waals surface area contributed by atoms with E-state index in [2.05, 4.69) is 0 Å². The number of unbranched alkanes of at least 4 members (excludes halogenated alkanes) is 1. The first kappa shape index (κ1) is 14.8. The zero-order valence-corrected chi connectivity index (χ0v) is 10.4. The van der Waals surface area contributed by atoms with Gasteiger partial charge in [-0.15, -0.1) is 0 Å². The molecule has 104 valence electrons. The Hall–Kier alpha value is -2.25. The molecule has 1 amide bonds. The van der Waals surface area contributed by atoms with Crippen LogP contribution < -0.4 is 5.73 Å². The summed E-state index contributed by atoms with van der Waals surface area (Å²) in [5.41, 5.74) is 3.14. The largest absolute Gasteiger partial charge is 0.369 e. The Kier molecular flexibility index (Phi) is 4.36. The third kappa shape index (κ3) is 2.78. The average molecular weight is 269 g/mol. The highest BCUT2D eigenvalue weighted by Gasteiger charge is 2.52. The molecule has 0 fully saturated rings. The summed E-state index contributed by atoms with van der Waals surface area (Å²) in [6, 6.07) is 0. The first-order valence-corrected chi connectivity index (χ1v) is 5.84. The summed E-state index contributed by atoms with van der Waals surface area (Å²) in [5.74, 6) is -2.24. The summed E-state index contributed by atoms with van der Waals surface area (Å²) < 4.78 is 0. The molecule has 0 heterocycles. The second-order valence-corrected chi connectivity index (χ2v) is 4.41. The quantitative estimate of drug-likeness (QED) is 0.568. The van der Waals surface area contributed by atoms with E-state index in [0.29, 0.717) is 12.8 Å². The van der Waals surface area contributed by atoms with Crippen LogP contribution in [0.5, 0.6) is 0 Å². The number of nitrogens with zero attached hydrogens (tertiary/aromatic N) is 2. The van der Waals surface area contributed by atoms with Crippen molar-refractivity contribution in [2.75, 3.05) is 0 Å². The molecule has 0 aromatic heterocycles. The molecule has 8 heteroatoms. The van der Waals surface area contributed by atoms with Gasteiger partial charge >= 0.3 is 0 Å².